The molecule has 0 bridgehead atoms. The first-order valence-electron chi connectivity index (χ1n) is 6.90. The normalized spacial score (nSPS) is 16.7. The molecule has 0 aliphatic carbocycles. The predicted molar refractivity (Wildman–Crippen MR) is 71.2 cm³/mol. The molecule has 0 aromatic heterocycles. The van der Waals surface area contributed by atoms with E-state index in [2.05, 4.69) is 5.32 Å². The topological polar surface area (TPSA) is 52.7 Å². The van der Waals surface area contributed by atoms with Gasteiger partial charge in [0.2, 0.25) is 11.8 Å². The van der Waals surface area contributed by atoms with E-state index >= 15 is 0 Å². The number of likely N-dealkylation sites (tertiary alicyclic amines) is 1. The largest absolute Gasteiger partial charge is 0.342 e. The van der Waals surface area contributed by atoms with Crippen LogP contribution in [0.3, 0.4) is 0 Å². The van der Waals surface area contributed by atoms with Crippen molar-refractivity contribution < 1.29 is 9.59 Å². The minimum absolute atomic E-state index is 0.0641. The van der Waals surface area contributed by atoms with Gasteiger partial charge in [-0.15, -0.1) is 0 Å². The Hall–Kier alpha value is -1.10. The van der Waals surface area contributed by atoms with Gasteiger partial charge in [-0.25, -0.2) is 0 Å². The quantitative estimate of drug-likeness (QED) is 0.750. The Balaban J connectivity index is 2.33. The molecule has 1 fully saturated rings. The van der Waals surface area contributed by atoms with Crippen molar-refractivity contribution in [2.24, 2.45) is 0 Å². The third-order valence-corrected chi connectivity index (χ3v) is 3.46. The van der Waals surface area contributed by atoms with Crippen molar-refractivity contribution in [1.29, 1.82) is 0 Å². The van der Waals surface area contributed by atoms with E-state index in [1.807, 2.05) is 25.7 Å². The molecule has 1 aliphatic rings. The Morgan fingerprint density at radius 2 is 1.78 bits per heavy atom. The van der Waals surface area contributed by atoms with Crippen LogP contribution in [-0.4, -0.2) is 60.4 Å². The SMILES string of the molecule is CCN(CC)C(=O)C(C)NCC(=O)N1CCCC1. The number of amides is 2. The summed E-state index contributed by atoms with van der Waals surface area (Å²) in [5.41, 5.74) is 0. The molecule has 1 unspecified atom stereocenters. The lowest BCUT2D eigenvalue weighted by Gasteiger charge is -2.24. The van der Waals surface area contributed by atoms with E-state index in [4.69, 9.17) is 0 Å². The first-order chi connectivity index (χ1) is 8.60. The molecule has 0 aromatic carbocycles. The fraction of sp³-hybridized carbons (Fsp3) is 0.846. The summed E-state index contributed by atoms with van der Waals surface area (Å²) >= 11 is 0. The molecule has 18 heavy (non-hydrogen) atoms. The van der Waals surface area contributed by atoms with Gasteiger partial charge in [0.1, 0.15) is 0 Å². The van der Waals surface area contributed by atoms with Gasteiger partial charge in [-0.05, 0) is 33.6 Å². The highest BCUT2D eigenvalue weighted by atomic mass is 16.2. The van der Waals surface area contributed by atoms with E-state index in [-0.39, 0.29) is 24.4 Å². The summed E-state index contributed by atoms with van der Waals surface area (Å²) in [4.78, 5) is 27.4. The molecule has 2 amide bonds. The van der Waals surface area contributed by atoms with E-state index in [1.54, 1.807) is 4.90 Å². The fourth-order valence-electron chi connectivity index (χ4n) is 2.22. The van der Waals surface area contributed by atoms with Crippen molar-refractivity contribution in [3.8, 4) is 0 Å². The summed E-state index contributed by atoms with van der Waals surface area (Å²) in [6.45, 7) is 9.14. The minimum Gasteiger partial charge on any atom is -0.342 e. The Kier molecular flexibility index (Phi) is 6.12. The maximum absolute atomic E-state index is 12.0. The number of nitrogens with one attached hydrogen (secondary N) is 1. The zero-order valence-corrected chi connectivity index (χ0v) is 11.7. The Morgan fingerprint density at radius 1 is 1.22 bits per heavy atom. The van der Waals surface area contributed by atoms with Gasteiger partial charge in [-0.3, -0.25) is 14.9 Å². The number of nitrogens with zero attached hydrogens (tertiary/aromatic N) is 2. The van der Waals surface area contributed by atoms with E-state index in [0.29, 0.717) is 13.1 Å². The smallest absolute Gasteiger partial charge is 0.239 e. The average Bonchev–Trinajstić information content (AvgIpc) is 2.90. The number of hydrogen-bond acceptors (Lipinski definition) is 3. The Morgan fingerprint density at radius 3 is 2.28 bits per heavy atom. The van der Waals surface area contributed by atoms with Gasteiger partial charge in [0.05, 0.1) is 12.6 Å². The molecule has 1 heterocycles. The van der Waals surface area contributed by atoms with Crippen LogP contribution in [0.4, 0.5) is 0 Å². The highest BCUT2D eigenvalue weighted by molar-refractivity contribution is 5.83. The second kappa shape index (κ2) is 7.36. The Labute approximate surface area is 110 Å². The van der Waals surface area contributed by atoms with Gasteiger partial charge in [0.15, 0.2) is 0 Å². The van der Waals surface area contributed by atoms with E-state index < -0.39 is 0 Å². The van der Waals surface area contributed by atoms with Crippen molar-refractivity contribution in [3.63, 3.8) is 0 Å². The summed E-state index contributed by atoms with van der Waals surface area (Å²) < 4.78 is 0. The van der Waals surface area contributed by atoms with E-state index in [1.165, 1.54) is 0 Å². The van der Waals surface area contributed by atoms with Gasteiger partial charge in [-0.1, -0.05) is 0 Å². The van der Waals surface area contributed by atoms with Crippen LogP contribution in [0.25, 0.3) is 0 Å². The molecule has 0 aromatic rings. The van der Waals surface area contributed by atoms with Gasteiger partial charge < -0.3 is 9.80 Å². The molecule has 0 saturated carbocycles. The number of carbonyl (C=O) groups is 2. The zero-order valence-electron chi connectivity index (χ0n) is 11.7. The van der Waals surface area contributed by atoms with Crippen LogP contribution >= 0.6 is 0 Å². The average molecular weight is 255 g/mol. The number of rotatable bonds is 6. The highest BCUT2D eigenvalue weighted by Crippen LogP contribution is 2.06. The summed E-state index contributed by atoms with van der Waals surface area (Å²) in [7, 11) is 0. The summed E-state index contributed by atoms with van der Waals surface area (Å²) in [5, 5.41) is 3.03. The standard InChI is InChI=1S/C13H25N3O2/c1-4-15(5-2)13(18)11(3)14-10-12(17)16-8-6-7-9-16/h11,14H,4-10H2,1-3H3. The lowest BCUT2D eigenvalue weighted by molar-refractivity contribution is -0.133. The molecule has 5 nitrogen and oxygen atoms in total. The molecule has 1 saturated heterocycles. The molecule has 1 rings (SSSR count). The van der Waals surface area contributed by atoms with Crippen LogP contribution in [0.2, 0.25) is 0 Å². The van der Waals surface area contributed by atoms with Crippen LogP contribution in [0, 0.1) is 0 Å². The van der Waals surface area contributed by atoms with Crippen molar-refractivity contribution in [3.05, 3.63) is 0 Å². The van der Waals surface area contributed by atoms with Crippen molar-refractivity contribution in [2.45, 2.75) is 39.7 Å². The van der Waals surface area contributed by atoms with Gasteiger partial charge in [0, 0.05) is 26.2 Å². The number of likely N-dealkylation sites (N-methyl/N-ethyl adjacent to an activating group) is 1. The molecule has 1 N–H and O–H groups in total. The van der Waals surface area contributed by atoms with Crippen LogP contribution in [-0.2, 0) is 9.59 Å². The summed E-state index contributed by atoms with van der Waals surface area (Å²) in [6, 6.07) is -0.295. The maximum Gasteiger partial charge on any atom is 0.239 e. The van der Waals surface area contributed by atoms with E-state index in [0.717, 1.165) is 25.9 Å². The van der Waals surface area contributed by atoms with Crippen LogP contribution < -0.4 is 5.32 Å². The van der Waals surface area contributed by atoms with E-state index in [9.17, 15) is 9.59 Å². The first kappa shape index (κ1) is 15.0. The van der Waals surface area contributed by atoms with Crippen molar-refractivity contribution in [2.75, 3.05) is 32.7 Å². The summed E-state index contributed by atoms with van der Waals surface area (Å²) in [5.74, 6) is 0.168. The third-order valence-electron chi connectivity index (χ3n) is 3.46. The second-order valence-electron chi connectivity index (χ2n) is 4.70. The second-order valence-corrected chi connectivity index (χ2v) is 4.70. The van der Waals surface area contributed by atoms with Gasteiger partial charge in [0.25, 0.3) is 0 Å². The lowest BCUT2D eigenvalue weighted by Crippen LogP contribution is -2.48. The third kappa shape index (κ3) is 3.98. The number of hydrogen-bond donors (Lipinski definition) is 1. The molecule has 1 aliphatic heterocycles. The molecule has 1 atom stereocenters. The van der Waals surface area contributed by atoms with Crippen LogP contribution in [0.1, 0.15) is 33.6 Å². The Bertz CT molecular complexity index is 284. The minimum atomic E-state index is -0.295. The first-order valence-corrected chi connectivity index (χ1v) is 6.90. The van der Waals surface area contributed by atoms with Crippen molar-refractivity contribution in [1.82, 2.24) is 15.1 Å². The highest BCUT2D eigenvalue weighted by Gasteiger charge is 2.21. The maximum atomic E-state index is 12.0. The van der Waals surface area contributed by atoms with Gasteiger partial charge in [-0.2, -0.15) is 0 Å². The monoisotopic (exact) mass is 255 g/mol. The van der Waals surface area contributed by atoms with Crippen LogP contribution in [0.15, 0.2) is 0 Å². The van der Waals surface area contributed by atoms with Crippen LogP contribution in [0.5, 0.6) is 0 Å². The molecular formula is C13H25N3O2. The molecule has 0 spiro atoms. The zero-order chi connectivity index (χ0) is 13.5. The predicted octanol–water partition coefficient (Wildman–Crippen LogP) is 0.455. The molecule has 5 heteroatoms. The molecular weight excluding hydrogens is 230 g/mol. The van der Waals surface area contributed by atoms with Crippen molar-refractivity contribution >= 4 is 11.8 Å². The lowest BCUT2D eigenvalue weighted by atomic mass is 10.2. The molecule has 104 valence electrons. The number of carbonyl (C=O) groups excluding carboxylic acids is 2. The molecule has 0 radical (unpaired) electrons. The van der Waals surface area contributed by atoms with Gasteiger partial charge >= 0.3 is 0 Å². The summed E-state index contributed by atoms with van der Waals surface area (Å²) in [6.07, 6.45) is 2.19. The fourth-order valence-corrected chi connectivity index (χ4v) is 2.22.